The van der Waals surface area contributed by atoms with E-state index in [2.05, 4.69) is 35.5 Å². The van der Waals surface area contributed by atoms with Crippen LogP contribution >= 0.6 is 11.3 Å². The summed E-state index contributed by atoms with van der Waals surface area (Å²) in [6.45, 7) is 8.41. The van der Waals surface area contributed by atoms with Crippen molar-refractivity contribution in [3.8, 4) is 0 Å². The highest BCUT2D eigenvalue weighted by Crippen LogP contribution is 2.33. The Kier molecular flexibility index (Phi) is 3.24. The highest BCUT2D eigenvalue weighted by Gasteiger charge is 2.30. The summed E-state index contributed by atoms with van der Waals surface area (Å²) in [5, 5.41) is 5.90. The van der Waals surface area contributed by atoms with E-state index in [4.69, 9.17) is 0 Å². The normalized spacial score (nSPS) is 33.9. The first-order valence-corrected chi connectivity index (χ1v) is 7.67. The molecule has 2 nitrogen and oxygen atoms in total. The van der Waals surface area contributed by atoms with Crippen LogP contribution in [0.3, 0.4) is 0 Å². The zero-order chi connectivity index (χ0) is 11.8. The molecule has 3 unspecified atom stereocenters. The molecule has 0 spiro atoms. The second-order valence-electron chi connectivity index (χ2n) is 5.55. The van der Waals surface area contributed by atoms with Gasteiger partial charge in [0.05, 0.1) is 0 Å². The first-order chi connectivity index (χ1) is 8.25. The van der Waals surface area contributed by atoms with Crippen LogP contribution in [-0.2, 0) is 6.42 Å². The Balaban J connectivity index is 1.69. The van der Waals surface area contributed by atoms with Gasteiger partial charge in [-0.25, -0.2) is 0 Å². The summed E-state index contributed by atoms with van der Waals surface area (Å²) in [4.78, 5) is 4.27. The smallest absolute Gasteiger partial charge is 0.0331 e. The van der Waals surface area contributed by atoms with Crippen molar-refractivity contribution in [1.82, 2.24) is 10.2 Å². The number of hydrogen-bond acceptors (Lipinski definition) is 3. The predicted octanol–water partition coefficient (Wildman–Crippen LogP) is 2.67. The van der Waals surface area contributed by atoms with E-state index in [9.17, 15) is 0 Å². The highest BCUT2D eigenvalue weighted by molar-refractivity contribution is 7.10. The van der Waals surface area contributed by atoms with Crippen LogP contribution in [0.4, 0.5) is 0 Å². The molecule has 2 aliphatic rings. The molecule has 1 aromatic rings. The molecule has 94 valence electrons. The molecule has 1 saturated heterocycles. The van der Waals surface area contributed by atoms with E-state index in [0.717, 1.165) is 5.92 Å². The molecule has 3 heteroatoms. The third kappa shape index (κ3) is 2.16. The second-order valence-corrected chi connectivity index (χ2v) is 6.55. The maximum atomic E-state index is 3.65. The monoisotopic (exact) mass is 250 g/mol. The number of hydrogen-bond donors (Lipinski definition) is 1. The third-order valence-electron chi connectivity index (χ3n) is 4.53. The van der Waals surface area contributed by atoms with E-state index >= 15 is 0 Å². The van der Waals surface area contributed by atoms with Crippen LogP contribution in [0.5, 0.6) is 0 Å². The summed E-state index contributed by atoms with van der Waals surface area (Å²) in [6, 6.07) is 3.64. The van der Waals surface area contributed by atoms with Crippen molar-refractivity contribution in [1.29, 1.82) is 0 Å². The van der Waals surface area contributed by atoms with Crippen molar-refractivity contribution in [2.24, 2.45) is 5.92 Å². The average molecular weight is 250 g/mol. The maximum Gasteiger partial charge on any atom is 0.0331 e. The molecule has 0 aromatic carbocycles. The minimum absolute atomic E-state index is 0.611. The lowest BCUT2D eigenvalue weighted by Crippen LogP contribution is -2.43. The minimum atomic E-state index is 0.611. The summed E-state index contributed by atoms with van der Waals surface area (Å²) in [7, 11) is 0. The molecule has 17 heavy (non-hydrogen) atoms. The molecular formula is C14H22N2S. The minimum Gasteiger partial charge on any atom is -0.312 e. The van der Waals surface area contributed by atoms with Gasteiger partial charge in [-0.2, -0.15) is 0 Å². The summed E-state index contributed by atoms with van der Waals surface area (Å²) in [5.41, 5.74) is 1.58. The van der Waals surface area contributed by atoms with Crippen LogP contribution in [0.15, 0.2) is 11.4 Å². The fourth-order valence-electron chi connectivity index (χ4n) is 3.21. The molecule has 1 aromatic heterocycles. The lowest BCUT2D eigenvalue weighted by atomic mass is 9.98. The van der Waals surface area contributed by atoms with Gasteiger partial charge in [0.1, 0.15) is 0 Å². The number of thiophene rings is 1. The fourth-order valence-corrected chi connectivity index (χ4v) is 4.17. The Morgan fingerprint density at radius 3 is 3.12 bits per heavy atom. The van der Waals surface area contributed by atoms with Gasteiger partial charge >= 0.3 is 0 Å². The van der Waals surface area contributed by atoms with Gasteiger partial charge in [-0.1, -0.05) is 6.92 Å². The Hall–Kier alpha value is -0.380. The first-order valence-electron chi connectivity index (χ1n) is 6.79. The molecule has 0 aliphatic carbocycles. The molecule has 3 atom stereocenters. The first kappa shape index (κ1) is 11.7. The van der Waals surface area contributed by atoms with Crippen molar-refractivity contribution in [3.05, 3.63) is 21.9 Å². The van der Waals surface area contributed by atoms with Crippen LogP contribution < -0.4 is 5.32 Å². The van der Waals surface area contributed by atoms with Gasteiger partial charge in [0.2, 0.25) is 0 Å². The van der Waals surface area contributed by atoms with E-state index in [1.807, 2.05) is 11.3 Å². The summed E-state index contributed by atoms with van der Waals surface area (Å²) in [5.74, 6) is 0.839. The molecule has 1 N–H and O–H groups in total. The SMILES string of the molecule is CC1CCNC1CN1CCc2sccc2C1C. The Bertz CT molecular complexity index is 387. The number of fused-ring (bicyclic) bond motifs is 1. The van der Waals surface area contributed by atoms with Gasteiger partial charge < -0.3 is 5.32 Å². The highest BCUT2D eigenvalue weighted by atomic mass is 32.1. The number of nitrogens with one attached hydrogen (secondary N) is 1. The lowest BCUT2D eigenvalue weighted by molar-refractivity contribution is 0.173. The van der Waals surface area contributed by atoms with E-state index < -0.39 is 0 Å². The summed E-state index contributed by atoms with van der Waals surface area (Å²) < 4.78 is 0. The fraction of sp³-hybridized carbons (Fsp3) is 0.714. The molecule has 0 amide bonds. The van der Waals surface area contributed by atoms with Crippen molar-refractivity contribution in [2.75, 3.05) is 19.6 Å². The zero-order valence-corrected chi connectivity index (χ0v) is 11.6. The van der Waals surface area contributed by atoms with Crippen molar-refractivity contribution < 1.29 is 0 Å². The molecular weight excluding hydrogens is 228 g/mol. The lowest BCUT2D eigenvalue weighted by Gasteiger charge is -2.36. The molecule has 1 fully saturated rings. The summed E-state index contributed by atoms with van der Waals surface area (Å²) >= 11 is 1.93. The zero-order valence-electron chi connectivity index (χ0n) is 10.8. The topological polar surface area (TPSA) is 15.3 Å². The Morgan fingerprint density at radius 2 is 2.35 bits per heavy atom. The van der Waals surface area contributed by atoms with Crippen molar-refractivity contribution in [3.63, 3.8) is 0 Å². The maximum absolute atomic E-state index is 3.65. The van der Waals surface area contributed by atoms with Gasteiger partial charge in [0.15, 0.2) is 0 Å². The van der Waals surface area contributed by atoms with Gasteiger partial charge in [0.25, 0.3) is 0 Å². The Labute approximate surface area is 108 Å². The second kappa shape index (κ2) is 4.71. The number of nitrogens with zero attached hydrogens (tertiary/aromatic N) is 1. The third-order valence-corrected chi connectivity index (χ3v) is 5.52. The van der Waals surface area contributed by atoms with E-state index in [-0.39, 0.29) is 0 Å². The molecule has 0 bridgehead atoms. The summed E-state index contributed by atoms with van der Waals surface area (Å²) in [6.07, 6.45) is 2.59. The largest absolute Gasteiger partial charge is 0.312 e. The van der Waals surface area contributed by atoms with E-state index in [1.54, 1.807) is 10.4 Å². The van der Waals surface area contributed by atoms with Gasteiger partial charge in [0, 0.05) is 30.1 Å². The standard InChI is InChI=1S/C14H22N2S/c1-10-3-6-15-13(10)9-16-7-4-14-12(11(16)2)5-8-17-14/h5,8,10-11,13,15H,3-4,6-7,9H2,1-2H3. The van der Waals surface area contributed by atoms with Crippen molar-refractivity contribution >= 4 is 11.3 Å². The van der Waals surface area contributed by atoms with E-state index in [0.29, 0.717) is 12.1 Å². The van der Waals surface area contributed by atoms with Crippen LogP contribution in [0.1, 0.15) is 36.8 Å². The number of rotatable bonds is 2. The van der Waals surface area contributed by atoms with E-state index in [1.165, 1.54) is 32.5 Å². The van der Waals surface area contributed by atoms with Crippen LogP contribution in [0.25, 0.3) is 0 Å². The van der Waals surface area contributed by atoms with Crippen molar-refractivity contribution in [2.45, 2.75) is 38.8 Å². The molecule has 2 aliphatic heterocycles. The molecule has 0 saturated carbocycles. The average Bonchev–Trinajstić information content (AvgIpc) is 2.92. The van der Waals surface area contributed by atoms with Crippen LogP contribution in [0, 0.1) is 5.92 Å². The molecule has 0 radical (unpaired) electrons. The van der Waals surface area contributed by atoms with Gasteiger partial charge in [-0.05, 0) is 49.2 Å². The van der Waals surface area contributed by atoms with Crippen LogP contribution in [0.2, 0.25) is 0 Å². The predicted molar refractivity (Wildman–Crippen MR) is 73.6 cm³/mol. The molecule has 3 heterocycles. The molecule has 3 rings (SSSR count). The Morgan fingerprint density at radius 1 is 1.47 bits per heavy atom. The van der Waals surface area contributed by atoms with Gasteiger partial charge in [-0.3, -0.25) is 4.90 Å². The van der Waals surface area contributed by atoms with Crippen LogP contribution in [-0.4, -0.2) is 30.6 Å². The van der Waals surface area contributed by atoms with Gasteiger partial charge in [-0.15, -0.1) is 11.3 Å². The quantitative estimate of drug-likeness (QED) is 0.868.